The van der Waals surface area contributed by atoms with Gasteiger partial charge in [0.05, 0.1) is 5.54 Å². The molecule has 0 aromatic heterocycles. The van der Waals surface area contributed by atoms with Gasteiger partial charge in [-0.3, -0.25) is 0 Å². The summed E-state index contributed by atoms with van der Waals surface area (Å²) >= 11 is 0. The van der Waals surface area contributed by atoms with E-state index in [1.807, 2.05) is 60.7 Å². The Kier molecular flexibility index (Phi) is 3.96. The van der Waals surface area contributed by atoms with Crippen LogP contribution in [0.4, 0.5) is 8.78 Å². The molecular weight excluding hydrogens is 244 g/mol. The molecule has 0 heterocycles. The summed E-state index contributed by atoms with van der Waals surface area (Å²) in [6.45, 7) is 1.41. The van der Waals surface area contributed by atoms with Gasteiger partial charge in [-0.15, -0.1) is 0 Å². The Morgan fingerprint density at radius 1 is 0.842 bits per heavy atom. The van der Waals surface area contributed by atoms with Crippen LogP contribution in [-0.2, 0) is 0 Å². The SMILES string of the molecule is CC(N)(C(F)F)C(c1ccccc1)c1ccccc1. The third-order valence-corrected chi connectivity index (χ3v) is 3.36. The highest BCUT2D eigenvalue weighted by Gasteiger charge is 2.40. The molecule has 1 nitrogen and oxygen atoms in total. The number of halogens is 2. The monoisotopic (exact) mass is 261 g/mol. The van der Waals surface area contributed by atoms with Crippen molar-refractivity contribution in [3.63, 3.8) is 0 Å². The summed E-state index contributed by atoms with van der Waals surface area (Å²) in [5, 5.41) is 0. The minimum atomic E-state index is -2.60. The number of hydrogen-bond donors (Lipinski definition) is 1. The lowest BCUT2D eigenvalue weighted by molar-refractivity contribution is 0.0546. The largest absolute Gasteiger partial charge is 0.320 e. The third-order valence-electron chi connectivity index (χ3n) is 3.36. The fourth-order valence-electron chi connectivity index (χ4n) is 2.33. The van der Waals surface area contributed by atoms with Crippen molar-refractivity contribution in [3.05, 3.63) is 71.8 Å². The number of nitrogens with two attached hydrogens (primary N) is 1. The average molecular weight is 261 g/mol. The predicted molar refractivity (Wildman–Crippen MR) is 73.3 cm³/mol. The summed E-state index contributed by atoms with van der Waals surface area (Å²) in [7, 11) is 0. The second kappa shape index (κ2) is 5.49. The van der Waals surface area contributed by atoms with Crippen LogP contribution in [0.3, 0.4) is 0 Å². The Labute approximate surface area is 112 Å². The second-order valence-electron chi connectivity index (χ2n) is 4.92. The maximum absolute atomic E-state index is 13.3. The van der Waals surface area contributed by atoms with E-state index >= 15 is 0 Å². The van der Waals surface area contributed by atoms with Crippen molar-refractivity contribution in [2.45, 2.75) is 24.8 Å². The van der Waals surface area contributed by atoms with Crippen molar-refractivity contribution in [2.75, 3.05) is 0 Å². The topological polar surface area (TPSA) is 26.0 Å². The minimum absolute atomic E-state index is 0.533. The lowest BCUT2D eigenvalue weighted by atomic mass is 9.77. The lowest BCUT2D eigenvalue weighted by Gasteiger charge is -2.34. The highest BCUT2D eigenvalue weighted by molar-refractivity contribution is 5.36. The van der Waals surface area contributed by atoms with Gasteiger partial charge in [-0.25, -0.2) is 8.78 Å². The van der Waals surface area contributed by atoms with E-state index in [0.717, 1.165) is 11.1 Å². The Bertz CT molecular complexity index is 469. The van der Waals surface area contributed by atoms with Crippen LogP contribution in [0.15, 0.2) is 60.7 Å². The number of benzene rings is 2. The number of hydrogen-bond acceptors (Lipinski definition) is 1. The maximum Gasteiger partial charge on any atom is 0.256 e. The molecule has 0 fully saturated rings. The highest BCUT2D eigenvalue weighted by atomic mass is 19.3. The van der Waals surface area contributed by atoms with E-state index in [0.29, 0.717) is 0 Å². The fraction of sp³-hybridized carbons (Fsp3) is 0.250. The van der Waals surface area contributed by atoms with Crippen molar-refractivity contribution in [2.24, 2.45) is 5.73 Å². The van der Waals surface area contributed by atoms with E-state index in [9.17, 15) is 8.78 Å². The highest BCUT2D eigenvalue weighted by Crippen LogP contribution is 2.36. The van der Waals surface area contributed by atoms with Crippen LogP contribution in [-0.4, -0.2) is 12.0 Å². The molecule has 2 aromatic rings. The van der Waals surface area contributed by atoms with Crippen LogP contribution in [0.5, 0.6) is 0 Å². The van der Waals surface area contributed by atoms with Crippen LogP contribution in [0.25, 0.3) is 0 Å². The first kappa shape index (κ1) is 13.7. The maximum atomic E-state index is 13.3. The van der Waals surface area contributed by atoms with E-state index in [1.165, 1.54) is 6.92 Å². The summed E-state index contributed by atoms with van der Waals surface area (Å²) in [6.07, 6.45) is -2.60. The Morgan fingerprint density at radius 3 is 1.53 bits per heavy atom. The Morgan fingerprint density at radius 2 is 1.21 bits per heavy atom. The van der Waals surface area contributed by atoms with Gasteiger partial charge in [0.15, 0.2) is 0 Å². The summed E-state index contributed by atoms with van der Waals surface area (Å²) < 4.78 is 26.6. The average Bonchev–Trinajstić information content (AvgIpc) is 2.41. The molecule has 0 bridgehead atoms. The summed E-state index contributed by atoms with van der Waals surface area (Å²) in [4.78, 5) is 0. The molecule has 0 spiro atoms. The van der Waals surface area contributed by atoms with E-state index in [-0.39, 0.29) is 0 Å². The zero-order chi connectivity index (χ0) is 13.9. The molecule has 2 aromatic carbocycles. The van der Waals surface area contributed by atoms with Crippen molar-refractivity contribution in [1.29, 1.82) is 0 Å². The molecule has 0 aliphatic rings. The van der Waals surface area contributed by atoms with Crippen LogP contribution in [0, 0.1) is 0 Å². The molecule has 1 atom stereocenters. The zero-order valence-corrected chi connectivity index (χ0v) is 10.8. The molecule has 0 radical (unpaired) electrons. The number of rotatable bonds is 4. The smallest absolute Gasteiger partial charge is 0.256 e. The molecule has 0 saturated heterocycles. The summed E-state index contributed by atoms with van der Waals surface area (Å²) in [6, 6.07) is 18.4. The molecule has 0 saturated carbocycles. The quantitative estimate of drug-likeness (QED) is 0.890. The summed E-state index contributed by atoms with van der Waals surface area (Å²) in [5.41, 5.74) is 5.92. The van der Waals surface area contributed by atoms with Crippen LogP contribution in [0.2, 0.25) is 0 Å². The molecule has 2 rings (SSSR count). The van der Waals surface area contributed by atoms with Crippen molar-refractivity contribution < 1.29 is 8.78 Å². The van der Waals surface area contributed by atoms with Crippen LogP contribution >= 0.6 is 0 Å². The summed E-state index contributed by atoms with van der Waals surface area (Å²) in [5.74, 6) is -0.533. The van der Waals surface area contributed by atoms with Crippen molar-refractivity contribution in [1.82, 2.24) is 0 Å². The molecule has 0 aliphatic heterocycles. The fourth-order valence-corrected chi connectivity index (χ4v) is 2.33. The van der Waals surface area contributed by atoms with E-state index < -0.39 is 17.9 Å². The molecule has 19 heavy (non-hydrogen) atoms. The first-order chi connectivity index (χ1) is 9.03. The van der Waals surface area contributed by atoms with Gasteiger partial charge in [-0.2, -0.15) is 0 Å². The minimum Gasteiger partial charge on any atom is -0.320 e. The lowest BCUT2D eigenvalue weighted by Crippen LogP contribution is -2.49. The molecular formula is C16H17F2N. The Hall–Kier alpha value is -1.74. The van der Waals surface area contributed by atoms with Crippen LogP contribution < -0.4 is 5.73 Å². The van der Waals surface area contributed by atoms with Crippen molar-refractivity contribution in [3.8, 4) is 0 Å². The molecule has 0 aliphatic carbocycles. The van der Waals surface area contributed by atoms with Gasteiger partial charge in [0.25, 0.3) is 6.43 Å². The van der Waals surface area contributed by atoms with Crippen molar-refractivity contribution >= 4 is 0 Å². The normalized spacial score (nSPS) is 14.6. The molecule has 2 N–H and O–H groups in total. The van der Waals surface area contributed by atoms with Gasteiger partial charge in [0.2, 0.25) is 0 Å². The molecule has 100 valence electrons. The molecule has 1 unspecified atom stereocenters. The predicted octanol–water partition coefficient (Wildman–Crippen LogP) is 3.80. The van der Waals surface area contributed by atoms with Crippen LogP contribution in [0.1, 0.15) is 24.0 Å². The Balaban J connectivity index is 2.52. The molecule has 3 heteroatoms. The van der Waals surface area contributed by atoms with Gasteiger partial charge in [-0.1, -0.05) is 60.7 Å². The van der Waals surface area contributed by atoms with Gasteiger partial charge in [0.1, 0.15) is 0 Å². The van der Waals surface area contributed by atoms with Gasteiger partial charge in [-0.05, 0) is 18.1 Å². The van der Waals surface area contributed by atoms with E-state index in [4.69, 9.17) is 5.73 Å². The van der Waals surface area contributed by atoms with Gasteiger partial charge in [0, 0.05) is 5.92 Å². The first-order valence-corrected chi connectivity index (χ1v) is 6.20. The van der Waals surface area contributed by atoms with E-state index in [2.05, 4.69) is 0 Å². The zero-order valence-electron chi connectivity index (χ0n) is 10.8. The van der Waals surface area contributed by atoms with E-state index in [1.54, 1.807) is 0 Å². The van der Waals surface area contributed by atoms with Gasteiger partial charge >= 0.3 is 0 Å². The molecule has 0 amide bonds. The second-order valence-corrected chi connectivity index (χ2v) is 4.92. The standard InChI is InChI=1S/C16H17F2N/c1-16(19,15(17)18)14(12-8-4-2-5-9-12)13-10-6-3-7-11-13/h2-11,14-15H,19H2,1H3. The third kappa shape index (κ3) is 2.82. The number of alkyl halides is 2. The van der Waals surface area contributed by atoms with Gasteiger partial charge < -0.3 is 5.73 Å². The first-order valence-electron chi connectivity index (χ1n) is 6.20.